The van der Waals surface area contributed by atoms with Crippen molar-refractivity contribution in [3.05, 3.63) is 0 Å². The van der Waals surface area contributed by atoms with Crippen LogP contribution in [0.4, 0.5) is 0 Å². The Balaban J connectivity index is 3.36. The molecule has 2 nitrogen and oxygen atoms in total. The standard InChI is InChI=1S/C8H19NO/c1-5-7(10)6-9-8(2,3)4/h7,9-10H,5-6H2,1-4H3. The third-order valence-corrected chi connectivity index (χ3v) is 1.34. The Morgan fingerprint density at radius 3 is 2.20 bits per heavy atom. The van der Waals surface area contributed by atoms with Crippen molar-refractivity contribution in [2.45, 2.75) is 45.8 Å². The zero-order valence-corrected chi connectivity index (χ0v) is 7.44. The second kappa shape index (κ2) is 3.94. The van der Waals surface area contributed by atoms with Crippen molar-refractivity contribution in [3.63, 3.8) is 0 Å². The first-order valence-electron chi connectivity index (χ1n) is 3.89. The van der Waals surface area contributed by atoms with Gasteiger partial charge in [0.15, 0.2) is 0 Å². The molecule has 0 bridgehead atoms. The lowest BCUT2D eigenvalue weighted by atomic mass is 10.1. The summed E-state index contributed by atoms with van der Waals surface area (Å²) in [4.78, 5) is 0. The van der Waals surface area contributed by atoms with Gasteiger partial charge in [0, 0.05) is 12.1 Å². The van der Waals surface area contributed by atoms with E-state index < -0.39 is 0 Å². The van der Waals surface area contributed by atoms with Gasteiger partial charge in [0.05, 0.1) is 6.10 Å². The van der Waals surface area contributed by atoms with Crippen molar-refractivity contribution in [1.29, 1.82) is 0 Å². The number of aliphatic hydroxyl groups excluding tert-OH is 1. The molecule has 10 heavy (non-hydrogen) atoms. The van der Waals surface area contributed by atoms with E-state index >= 15 is 0 Å². The number of nitrogens with one attached hydrogen (secondary N) is 1. The van der Waals surface area contributed by atoms with E-state index in [0.717, 1.165) is 6.42 Å². The van der Waals surface area contributed by atoms with Crippen molar-refractivity contribution in [2.24, 2.45) is 0 Å². The molecule has 0 saturated carbocycles. The van der Waals surface area contributed by atoms with Crippen molar-refractivity contribution >= 4 is 0 Å². The molecule has 1 atom stereocenters. The summed E-state index contributed by atoms with van der Waals surface area (Å²) >= 11 is 0. The molecule has 0 radical (unpaired) electrons. The maximum Gasteiger partial charge on any atom is 0.0662 e. The molecule has 0 saturated heterocycles. The number of hydrogen-bond donors (Lipinski definition) is 2. The molecule has 0 aromatic carbocycles. The fourth-order valence-corrected chi connectivity index (χ4v) is 0.568. The minimum Gasteiger partial charge on any atom is -0.392 e. The van der Waals surface area contributed by atoms with Crippen LogP contribution >= 0.6 is 0 Å². The zero-order valence-electron chi connectivity index (χ0n) is 7.44. The van der Waals surface area contributed by atoms with Gasteiger partial charge in [-0.15, -0.1) is 0 Å². The molecule has 0 aliphatic heterocycles. The van der Waals surface area contributed by atoms with Gasteiger partial charge < -0.3 is 10.4 Å². The first-order valence-corrected chi connectivity index (χ1v) is 3.89. The van der Waals surface area contributed by atoms with E-state index in [4.69, 9.17) is 5.11 Å². The lowest BCUT2D eigenvalue weighted by Gasteiger charge is -2.22. The highest BCUT2D eigenvalue weighted by Crippen LogP contribution is 1.98. The van der Waals surface area contributed by atoms with Crippen LogP contribution in [0.2, 0.25) is 0 Å². The summed E-state index contributed by atoms with van der Waals surface area (Å²) < 4.78 is 0. The van der Waals surface area contributed by atoms with E-state index in [2.05, 4.69) is 26.1 Å². The topological polar surface area (TPSA) is 32.3 Å². The highest BCUT2D eigenvalue weighted by Gasteiger charge is 2.10. The number of rotatable bonds is 3. The second-order valence-corrected chi connectivity index (χ2v) is 3.69. The summed E-state index contributed by atoms with van der Waals surface area (Å²) in [7, 11) is 0. The molecule has 2 heteroatoms. The predicted octanol–water partition coefficient (Wildman–Crippen LogP) is 1.15. The normalized spacial score (nSPS) is 15.3. The molecule has 0 spiro atoms. The van der Waals surface area contributed by atoms with Crippen LogP contribution in [-0.4, -0.2) is 23.3 Å². The average Bonchev–Trinajstić information content (AvgIpc) is 1.81. The third-order valence-electron chi connectivity index (χ3n) is 1.34. The highest BCUT2D eigenvalue weighted by atomic mass is 16.3. The molecule has 0 aliphatic carbocycles. The van der Waals surface area contributed by atoms with Crippen molar-refractivity contribution in [2.75, 3.05) is 6.54 Å². The van der Waals surface area contributed by atoms with Crippen molar-refractivity contribution in [1.82, 2.24) is 5.32 Å². The molecule has 0 heterocycles. The maximum absolute atomic E-state index is 9.16. The molecule has 0 aromatic heterocycles. The Morgan fingerprint density at radius 1 is 1.40 bits per heavy atom. The van der Waals surface area contributed by atoms with E-state index in [1.54, 1.807) is 0 Å². The van der Waals surface area contributed by atoms with Gasteiger partial charge in [0.2, 0.25) is 0 Å². The Hall–Kier alpha value is -0.0800. The number of aliphatic hydroxyl groups is 1. The van der Waals surface area contributed by atoms with Crippen molar-refractivity contribution < 1.29 is 5.11 Å². The van der Waals surface area contributed by atoms with Gasteiger partial charge in [-0.3, -0.25) is 0 Å². The summed E-state index contributed by atoms with van der Waals surface area (Å²) in [6.45, 7) is 8.95. The summed E-state index contributed by atoms with van der Waals surface area (Å²) in [5, 5.41) is 12.4. The van der Waals surface area contributed by atoms with E-state index in [0.29, 0.717) is 6.54 Å². The maximum atomic E-state index is 9.16. The molecule has 62 valence electrons. The molecular weight excluding hydrogens is 126 g/mol. The van der Waals surface area contributed by atoms with Crippen LogP contribution in [0.15, 0.2) is 0 Å². The fraction of sp³-hybridized carbons (Fsp3) is 1.00. The quantitative estimate of drug-likeness (QED) is 0.624. The van der Waals surface area contributed by atoms with Crippen LogP contribution in [0, 0.1) is 0 Å². The molecule has 0 amide bonds. The van der Waals surface area contributed by atoms with Gasteiger partial charge in [-0.05, 0) is 27.2 Å². The van der Waals surface area contributed by atoms with Gasteiger partial charge in [0.25, 0.3) is 0 Å². The molecule has 2 N–H and O–H groups in total. The lowest BCUT2D eigenvalue weighted by Crippen LogP contribution is -2.40. The second-order valence-electron chi connectivity index (χ2n) is 3.69. The fourth-order valence-electron chi connectivity index (χ4n) is 0.568. The Kier molecular flexibility index (Phi) is 3.91. The van der Waals surface area contributed by atoms with Crippen LogP contribution in [0.25, 0.3) is 0 Å². The average molecular weight is 145 g/mol. The predicted molar refractivity (Wildman–Crippen MR) is 44.1 cm³/mol. The molecule has 0 aliphatic rings. The first-order chi connectivity index (χ1) is 4.45. The van der Waals surface area contributed by atoms with Gasteiger partial charge >= 0.3 is 0 Å². The van der Waals surface area contributed by atoms with Gasteiger partial charge in [0.1, 0.15) is 0 Å². The monoisotopic (exact) mass is 145 g/mol. The Morgan fingerprint density at radius 2 is 1.90 bits per heavy atom. The van der Waals surface area contributed by atoms with Gasteiger partial charge in [-0.2, -0.15) is 0 Å². The van der Waals surface area contributed by atoms with E-state index in [1.165, 1.54) is 0 Å². The SMILES string of the molecule is CCC(O)CNC(C)(C)C. The largest absolute Gasteiger partial charge is 0.392 e. The van der Waals surface area contributed by atoms with Crippen LogP contribution in [0.3, 0.4) is 0 Å². The van der Waals surface area contributed by atoms with Gasteiger partial charge in [-0.1, -0.05) is 6.92 Å². The van der Waals surface area contributed by atoms with Crippen LogP contribution < -0.4 is 5.32 Å². The minimum atomic E-state index is -0.195. The molecule has 0 fully saturated rings. The summed E-state index contributed by atoms with van der Waals surface area (Å²) in [5.74, 6) is 0. The van der Waals surface area contributed by atoms with Gasteiger partial charge in [-0.25, -0.2) is 0 Å². The molecular formula is C8H19NO. The van der Waals surface area contributed by atoms with Crippen LogP contribution in [0.5, 0.6) is 0 Å². The van der Waals surface area contributed by atoms with Crippen LogP contribution in [-0.2, 0) is 0 Å². The summed E-state index contributed by atoms with van der Waals surface area (Å²) in [6, 6.07) is 0. The van der Waals surface area contributed by atoms with Crippen molar-refractivity contribution in [3.8, 4) is 0 Å². The molecule has 0 aromatic rings. The minimum absolute atomic E-state index is 0.121. The summed E-state index contributed by atoms with van der Waals surface area (Å²) in [5.41, 5.74) is 0.121. The lowest BCUT2D eigenvalue weighted by molar-refractivity contribution is 0.157. The zero-order chi connectivity index (χ0) is 8.20. The van der Waals surface area contributed by atoms with E-state index in [1.807, 2.05) is 6.92 Å². The molecule has 1 unspecified atom stereocenters. The highest BCUT2D eigenvalue weighted by molar-refractivity contribution is 4.71. The van der Waals surface area contributed by atoms with E-state index in [-0.39, 0.29) is 11.6 Å². The Labute approximate surface area is 63.6 Å². The van der Waals surface area contributed by atoms with Crippen LogP contribution in [0.1, 0.15) is 34.1 Å². The number of hydrogen-bond acceptors (Lipinski definition) is 2. The smallest absolute Gasteiger partial charge is 0.0662 e. The van der Waals surface area contributed by atoms with E-state index in [9.17, 15) is 0 Å². The number of β-amino-alcohol motifs (C(OH)–C–C–N with tert-alkyl or cyclic N) is 1. The first kappa shape index (κ1) is 9.92. The summed E-state index contributed by atoms with van der Waals surface area (Å²) in [6.07, 6.45) is 0.627. The Bertz CT molecular complexity index is 85.7. The molecule has 0 rings (SSSR count). The third kappa shape index (κ3) is 6.05.